The fourth-order valence-corrected chi connectivity index (χ4v) is 2.43. The summed E-state index contributed by atoms with van der Waals surface area (Å²) in [5.74, 6) is -1.21. The molecule has 1 amide bonds. The second-order valence-electron chi connectivity index (χ2n) is 4.81. The van der Waals surface area contributed by atoms with E-state index in [1.807, 2.05) is 30.3 Å². The van der Waals surface area contributed by atoms with E-state index in [0.29, 0.717) is 12.8 Å². The highest BCUT2D eigenvalue weighted by atomic mass is 16.4. The first-order valence-electron chi connectivity index (χ1n) is 6.50. The first kappa shape index (κ1) is 14.3. The Morgan fingerprint density at radius 3 is 2.65 bits per heavy atom. The van der Waals surface area contributed by atoms with Gasteiger partial charge in [-0.2, -0.15) is 0 Å². The van der Waals surface area contributed by atoms with E-state index in [2.05, 4.69) is 0 Å². The zero-order chi connectivity index (χ0) is 14.5. The Morgan fingerprint density at radius 2 is 2.05 bits per heavy atom. The summed E-state index contributed by atoms with van der Waals surface area (Å²) in [6.45, 7) is 0.119. The highest BCUT2D eigenvalue weighted by Crippen LogP contribution is 2.31. The number of rotatable bonds is 4. The van der Waals surface area contributed by atoms with Crippen LogP contribution in [0.2, 0.25) is 0 Å². The molecule has 2 rings (SSSR count). The molecule has 1 aromatic rings. The van der Waals surface area contributed by atoms with Gasteiger partial charge in [0.2, 0.25) is 5.91 Å². The second-order valence-corrected chi connectivity index (χ2v) is 4.81. The number of carbonyl (C=O) groups excluding carboxylic acids is 1. The Labute approximate surface area is 117 Å². The molecule has 20 heavy (non-hydrogen) atoms. The average Bonchev–Trinajstić information content (AvgIpc) is 2.42. The molecule has 0 aromatic heterocycles. The molecular formula is C15H17NO4. The number of carboxylic acid groups (broad SMARTS) is 1. The maximum atomic E-state index is 12.0. The fourth-order valence-electron chi connectivity index (χ4n) is 2.43. The van der Waals surface area contributed by atoms with Crippen molar-refractivity contribution >= 4 is 11.9 Å². The van der Waals surface area contributed by atoms with Gasteiger partial charge in [0.05, 0.1) is 0 Å². The van der Waals surface area contributed by atoms with E-state index >= 15 is 0 Å². The summed E-state index contributed by atoms with van der Waals surface area (Å²) in [5.41, 5.74) is 1.04. The van der Waals surface area contributed by atoms with E-state index in [0.717, 1.165) is 11.6 Å². The van der Waals surface area contributed by atoms with E-state index in [-0.39, 0.29) is 18.4 Å². The number of carbonyl (C=O) groups is 2. The summed E-state index contributed by atoms with van der Waals surface area (Å²) >= 11 is 0. The van der Waals surface area contributed by atoms with Crippen LogP contribution in [0.15, 0.2) is 42.5 Å². The number of hydrogen-bond donors (Lipinski definition) is 2. The van der Waals surface area contributed by atoms with Gasteiger partial charge in [-0.3, -0.25) is 4.79 Å². The molecule has 0 radical (unpaired) electrons. The number of aliphatic hydroxyl groups is 1. The molecule has 1 aliphatic rings. The van der Waals surface area contributed by atoms with Gasteiger partial charge in [0, 0.05) is 19.0 Å². The van der Waals surface area contributed by atoms with Gasteiger partial charge in [-0.1, -0.05) is 36.4 Å². The van der Waals surface area contributed by atoms with Gasteiger partial charge >= 0.3 is 5.97 Å². The lowest BCUT2D eigenvalue weighted by Gasteiger charge is -2.35. The highest BCUT2D eigenvalue weighted by Gasteiger charge is 2.32. The van der Waals surface area contributed by atoms with Crippen molar-refractivity contribution in [3.63, 3.8) is 0 Å². The van der Waals surface area contributed by atoms with Crippen LogP contribution < -0.4 is 0 Å². The van der Waals surface area contributed by atoms with Crippen LogP contribution in [0.25, 0.3) is 0 Å². The maximum absolute atomic E-state index is 12.0. The number of carboxylic acids is 1. The minimum absolute atomic E-state index is 0.0124. The average molecular weight is 275 g/mol. The van der Waals surface area contributed by atoms with E-state index in [9.17, 15) is 14.7 Å². The van der Waals surface area contributed by atoms with Gasteiger partial charge in [-0.25, -0.2) is 4.79 Å². The molecule has 5 nitrogen and oxygen atoms in total. The monoisotopic (exact) mass is 275 g/mol. The summed E-state index contributed by atoms with van der Waals surface area (Å²) in [4.78, 5) is 23.7. The van der Waals surface area contributed by atoms with Crippen molar-refractivity contribution in [1.29, 1.82) is 0 Å². The largest absolute Gasteiger partial charge is 0.478 e. The predicted octanol–water partition coefficient (Wildman–Crippen LogP) is 1.35. The van der Waals surface area contributed by atoms with E-state index in [1.165, 1.54) is 11.0 Å². The lowest BCUT2D eigenvalue weighted by atomic mass is 9.88. The normalized spacial score (nSPS) is 23.2. The molecule has 1 fully saturated rings. The first-order chi connectivity index (χ1) is 9.58. The molecule has 2 atom stereocenters. The van der Waals surface area contributed by atoms with Gasteiger partial charge in [0.15, 0.2) is 0 Å². The molecule has 0 bridgehead atoms. The lowest BCUT2D eigenvalue weighted by molar-refractivity contribution is -0.146. The third-order valence-corrected chi connectivity index (χ3v) is 3.43. The van der Waals surface area contributed by atoms with Crippen LogP contribution in [0.1, 0.15) is 24.3 Å². The van der Waals surface area contributed by atoms with Crippen LogP contribution in [0.4, 0.5) is 0 Å². The summed E-state index contributed by atoms with van der Waals surface area (Å²) in [7, 11) is 0. The number of amides is 1. The molecule has 1 aliphatic heterocycles. The Bertz CT molecular complexity index is 512. The molecular weight excluding hydrogens is 258 g/mol. The first-order valence-corrected chi connectivity index (χ1v) is 6.50. The standard InChI is InChI=1S/C15H17NO4/c17-13-9-12(11-5-2-1-3-6-11)10-14(18)16(13)8-4-7-15(19)20/h1-7,12-13,17H,8-10H2,(H,19,20). The van der Waals surface area contributed by atoms with Crippen molar-refractivity contribution in [2.75, 3.05) is 6.54 Å². The van der Waals surface area contributed by atoms with Crippen molar-refractivity contribution in [3.8, 4) is 0 Å². The highest BCUT2D eigenvalue weighted by molar-refractivity contribution is 5.80. The van der Waals surface area contributed by atoms with Crippen molar-refractivity contribution in [2.24, 2.45) is 0 Å². The Hall–Kier alpha value is -2.14. The third kappa shape index (κ3) is 3.45. The van der Waals surface area contributed by atoms with Crippen LogP contribution in [-0.2, 0) is 9.59 Å². The lowest BCUT2D eigenvalue weighted by Crippen LogP contribution is -2.45. The number of nitrogens with zero attached hydrogens (tertiary/aromatic N) is 1. The van der Waals surface area contributed by atoms with Gasteiger partial charge in [0.1, 0.15) is 6.23 Å². The molecule has 1 aromatic carbocycles. The van der Waals surface area contributed by atoms with Gasteiger partial charge in [-0.05, 0) is 17.9 Å². The summed E-state index contributed by atoms with van der Waals surface area (Å²) < 4.78 is 0. The van der Waals surface area contributed by atoms with Gasteiger partial charge in [-0.15, -0.1) is 0 Å². The zero-order valence-corrected chi connectivity index (χ0v) is 11.0. The molecule has 0 spiro atoms. The van der Waals surface area contributed by atoms with Crippen molar-refractivity contribution in [3.05, 3.63) is 48.0 Å². The number of aliphatic hydroxyl groups excluding tert-OH is 1. The zero-order valence-electron chi connectivity index (χ0n) is 11.0. The van der Waals surface area contributed by atoms with Gasteiger partial charge in [0.25, 0.3) is 0 Å². The van der Waals surface area contributed by atoms with Crippen molar-refractivity contribution in [1.82, 2.24) is 4.90 Å². The SMILES string of the molecule is O=C(O)C=CCN1C(=O)CC(c2ccccc2)CC1O. The van der Waals surface area contributed by atoms with E-state index in [1.54, 1.807) is 0 Å². The molecule has 0 aliphatic carbocycles. The molecule has 1 saturated heterocycles. The Balaban J connectivity index is 2.01. The molecule has 2 unspecified atom stereocenters. The Kier molecular flexibility index (Phi) is 4.53. The molecule has 5 heteroatoms. The number of likely N-dealkylation sites (tertiary alicyclic amines) is 1. The number of aliphatic carboxylic acids is 1. The maximum Gasteiger partial charge on any atom is 0.328 e. The van der Waals surface area contributed by atoms with Crippen LogP contribution in [0.3, 0.4) is 0 Å². The van der Waals surface area contributed by atoms with E-state index in [4.69, 9.17) is 5.11 Å². The minimum atomic E-state index is -1.06. The van der Waals surface area contributed by atoms with Crippen LogP contribution >= 0.6 is 0 Å². The molecule has 0 saturated carbocycles. The summed E-state index contributed by atoms with van der Waals surface area (Å²) in [5, 5.41) is 18.6. The van der Waals surface area contributed by atoms with Crippen molar-refractivity contribution in [2.45, 2.75) is 25.0 Å². The second kappa shape index (κ2) is 6.34. The van der Waals surface area contributed by atoms with Crippen LogP contribution in [0, 0.1) is 0 Å². The smallest absolute Gasteiger partial charge is 0.328 e. The third-order valence-electron chi connectivity index (χ3n) is 3.43. The van der Waals surface area contributed by atoms with Crippen LogP contribution in [0.5, 0.6) is 0 Å². The topological polar surface area (TPSA) is 77.8 Å². The predicted molar refractivity (Wildman–Crippen MR) is 72.9 cm³/mol. The summed E-state index contributed by atoms with van der Waals surface area (Å²) in [6.07, 6.45) is 2.27. The Morgan fingerprint density at radius 1 is 1.35 bits per heavy atom. The molecule has 2 N–H and O–H groups in total. The van der Waals surface area contributed by atoms with Crippen molar-refractivity contribution < 1.29 is 19.8 Å². The summed E-state index contributed by atoms with van der Waals surface area (Å²) in [6, 6.07) is 9.63. The minimum Gasteiger partial charge on any atom is -0.478 e. The van der Waals surface area contributed by atoms with Crippen LogP contribution in [-0.4, -0.2) is 39.8 Å². The van der Waals surface area contributed by atoms with Gasteiger partial charge < -0.3 is 15.1 Å². The molecule has 1 heterocycles. The molecule has 106 valence electrons. The number of piperidine rings is 1. The quantitative estimate of drug-likeness (QED) is 0.813. The number of benzene rings is 1. The number of hydrogen-bond acceptors (Lipinski definition) is 3. The van der Waals surface area contributed by atoms with E-state index < -0.39 is 12.2 Å². The fraction of sp³-hybridized carbons (Fsp3) is 0.333.